The number of hydrogen-bond donors (Lipinski definition) is 1. The van der Waals surface area contributed by atoms with Gasteiger partial charge in [0.1, 0.15) is 0 Å². The third-order valence-electron chi connectivity index (χ3n) is 3.92. The van der Waals surface area contributed by atoms with Gasteiger partial charge in [0, 0.05) is 24.7 Å². The van der Waals surface area contributed by atoms with E-state index >= 15 is 0 Å². The van der Waals surface area contributed by atoms with E-state index in [4.69, 9.17) is 5.10 Å². The maximum atomic E-state index is 4.70. The van der Waals surface area contributed by atoms with E-state index in [0.29, 0.717) is 12.0 Å². The fourth-order valence-corrected chi connectivity index (χ4v) is 2.68. The van der Waals surface area contributed by atoms with Crippen molar-refractivity contribution in [2.24, 2.45) is 0 Å². The van der Waals surface area contributed by atoms with Crippen molar-refractivity contribution in [3.8, 4) is 0 Å². The van der Waals surface area contributed by atoms with Crippen LogP contribution in [0.1, 0.15) is 49.6 Å². The number of hydrogen-bond acceptors (Lipinski definition) is 2. The van der Waals surface area contributed by atoms with Crippen molar-refractivity contribution < 1.29 is 0 Å². The molecular formula is C18H27N3. The number of nitrogens with zero attached hydrogens (tertiary/aromatic N) is 2. The van der Waals surface area contributed by atoms with Crippen molar-refractivity contribution in [3.63, 3.8) is 0 Å². The van der Waals surface area contributed by atoms with Gasteiger partial charge in [0.05, 0.1) is 5.69 Å². The summed E-state index contributed by atoms with van der Waals surface area (Å²) in [6.07, 6.45) is 3.07. The van der Waals surface area contributed by atoms with Gasteiger partial charge in [0.2, 0.25) is 0 Å². The Kier molecular flexibility index (Phi) is 5.57. The van der Waals surface area contributed by atoms with Crippen LogP contribution in [0.4, 0.5) is 0 Å². The van der Waals surface area contributed by atoms with E-state index in [1.54, 1.807) is 0 Å². The lowest BCUT2D eigenvalue weighted by Crippen LogP contribution is -2.23. The van der Waals surface area contributed by atoms with Crippen LogP contribution < -0.4 is 5.32 Å². The molecule has 0 aliphatic heterocycles. The molecule has 1 heterocycles. The van der Waals surface area contributed by atoms with E-state index in [1.165, 1.54) is 16.8 Å². The summed E-state index contributed by atoms with van der Waals surface area (Å²) in [6, 6.07) is 11.3. The Hall–Kier alpha value is -1.61. The SMILES string of the molecule is CCNCC(Cc1ccn(C(C)C)n1)c1ccccc1C. The summed E-state index contributed by atoms with van der Waals surface area (Å²) in [7, 11) is 0. The van der Waals surface area contributed by atoms with Crippen LogP contribution in [-0.4, -0.2) is 22.9 Å². The summed E-state index contributed by atoms with van der Waals surface area (Å²) in [4.78, 5) is 0. The largest absolute Gasteiger partial charge is 0.316 e. The number of likely N-dealkylation sites (N-methyl/N-ethyl adjacent to an activating group) is 1. The summed E-state index contributed by atoms with van der Waals surface area (Å²) in [5.41, 5.74) is 3.97. The average Bonchev–Trinajstić information content (AvgIpc) is 2.93. The summed E-state index contributed by atoms with van der Waals surface area (Å²) >= 11 is 0. The van der Waals surface area contributed by atoms with Gasteiger partial charge in [-0.1, -0.05) is 31.2 Å². The molecule has 2 aromatic rings. The molecule has 0 radical (unpaired) electrons. The fraction of sp³-hybridized carbons (Fsp3) is 0.500. The highest BCUT2D eigenvalue weighted by Gasteiger charge is 2.15. The Morgan fingerprint density at radius 2 is 1.95 bits per heavy atom. The first kappa shape index (κ1) is 15.8. The minimum atomic E-state index is 0.421. The third kappa shape index (κ3) is 4.18. The van der Waals surface area contributed by atoms with E-state index in [-0.39, 0.29) is 0 Å². The fourth-order valence-electron chi connectivity index (χ4n) is 2.68. The lowest BCUT2D eigenvalue weighted by Gasteiger charge is -2.19. The Labute approximate surface area is 128 Å². The minimum absolute atomic E-state index is 0.421. The van der Waals surface area contributed by atoms with Gasteiger partial charge >= 0.3 is 0 Å². The molecular weight excluding hydrogens is 258 g/mol. The number of nitrogens with one attached hydrogen (secondary N) is 1. The monoisotopic (exact) mass is 285 g/mol. The highest BCUT2D eigenvalue weighted by Crippen LogP contribution is 2.23. The van der Waals surface area contributed by atoms with E-state index in [2.05, 4.69) is 69.5 Å². The lowest BCUT2D eigenvalue weighted by molar-refractivity contribution is 0.518. The summed E-state index contributed by atoms with van der Waals surface area (Å²) in [5.74, 6) is 0.474. The van der Waals surface area contributed by atoms with Gasteiger partial charge < -0.3 is 5.32 Å². The minimum Gasteiger partial charge on any atom is -0.316 e. The van der Waals surface area contributed by atoms with E-state index in [0.717, 1.165) is 19.5 Å². The second-order valence-corrected chi connectivity index (χ2v) is 5.95. The van der Waals surface area contributed by atoms with Crippen LogP contribution >= 0.6 is 0 Å². The van der Waals surface area contributed by atoms with Gasteiger partial charge in [-0.2, -0.15) is 5.10 Å². The van der Waals surface area contributed by atoms with Crippen LogP contribution in [0, 0.1) is 6.92 Å². The molecule has 3 nitrogen and oxygen atoms in total. The molecule has 2 rings (SSSR count). The third-order valence-corrected chi connectivity index (χ3v) is 3.92. The van der Waals surface area contributed by atoms with Gasteiger partial charge in [0.25, 0.3) is 0 Å². The van der Waals surface area contributed by atoms with E-state index in [9.17, 15) is 0 Å². The summed E-state index contributed by atoms with van der Waals surface area (Å²) in [5, 5.41) is 8.19. The smallest absolute Gasteiger partial charge is 0.0631 e. The van der Waals surface area contributed by atoms with Crippen LogP contribution in [0.15, 0.2) is 36.5 Å². The lowest BCUT2D eigenvalue weighted by atomic mass is 9.91. The Bertz CT molecular complexity index is 557. The normalized spacial score (nSPS) is 12.8. The average molecular weight is 285 g/mol. The number of rotatable bonds is 7. The molecule has 1 N–H and O–H groups in total. The molecule has 0 aliphatic carbocycles. The first-order chi connectivity index (χ1) is 10.1. The first-order valence-electron chi connectivity index (χ1n) is 7.92. The Morgan fingerprint density at radius 1 is 1.19 bits per heavy atom. The molecule has 0 spiro atoms. The first-order valence-corrected chi connectivity index (χ1v) is 7.92. The Morgan fingerprint density at radius 3 is 2.57 bits per heavy atom. The molecule has 21 heavy (non-hydrogen) atoms. The van der Waals surface area contributed by atoms with Crippen LogP contribution in [-0.2, 0) is 6.42 Å². The maximum absolute atomic E-state index is 4.70. The molecule has 1 aromatic carbocycles. The standard InChI is InChI=1S/C18H27N3/c1-5-19-13-16(18-9-7-6-8-15(18)4)12-17-10-11-21(20-17)14(2)3/h6-11,14,16,19H,5,12-13H2,1-4H3. The van der Waals surface area contributed by atoms with Gasteiger partial charge in [-0.05, 0) is 50.9 Å². The summed E-state index contributed by atoms with van der Waals surface area (Å²) < 4.78 is 2.04. The second kappa shape index (κ2) is 7.41. The van der Waals surface area contributed by atoms with Crippen molar-refractivity contribution >= 4 is 0 Å². The molecule has 0 amide bonds. The quantitative estimate of drug-likeness (QED) is 0.840. The molecule has 0 bridgehead atoms. The molecule has 1 unspecified atom stereocenters. The molecule has 0 saturated heterocycles. The summed E-state index contributed by atoms with van der Waals surface area (Å²) in [6.45, 7) is 10.7. The molecule has 3 heteroatoms. The predicted molar refractivity (Wildman–Crippen MR) is 88.8 cm³/mol. The highest BCUT2D eigenvalue weighted by molar-refractivity contribution is 5.30. The van der Waals surface area contributed by atoms with Crippen LogP contribution in [0.5, 0.6) is 0 Å². The highest BCUT2D eigenvalue weighted by atomic mass is 15.3. The molecule has 0 fully saturated rings. The van der Waals surface area contributed by atoms with Crippen molar-refractivity contribution in [2.45, 2.75) is 46.1 Å². The van der Waals surface area contributed by atoms with E-state index < -0.39 is 0 Å². The molecule has 0 aliphatic rings. The molecule has 114 valence electrons. The number of aromatic nitrogens is 2. The number of benzene rings is 1. The van der Waals surface area contributed by atoms with Crippen LogP contribution in [0.2, 0.25) is 0 Å². The van der Waals surface area contributed by atoms with Gasteiger partial charge in [0.15, 0.2) is 0 Å². The van der Waals surface area contributed by atoms with Crippen molar-refractivity contribution in [1.82, 2.24) is 15.1 Å². The van der Waals surface area contributed by atoms with E-state index in [1.807, 2.05) is 4.68 Å². The van der Waals surface area contributed by atoms with Crippen molar-refractivity contribution in [3.05, 3.63) is 53.3 Å². The maximum Gasteiger partial charge on any atom is 0.0631 e. The Balaban J connectivity index is 2.18. The zero-order chi connectivity index (χ0) is 15.2. The topological polar surface area (TPSA) is 29.9 Å². The molecule has 1 atom stereocenters. The van der Waals surface area contributed by atoms with Gasteiger partial charge in [-0.15, -0.1) is 0 Å². The van der Waals surface area contributed by atoms with Crippen molar-refractivity contribution in [2.75, 3.05) is 13.1 Å². The van der Waals surface area contributed by atoms with Crippen LogP contribution in [0.25, 0.3) is 0 Å². The number of aryl methyl sites for hydroxylation is 1. The zero-order valence-corrected chi connectivity index (χ0v) is 13.6. The van der Waals surface area contributed by atoms with Gasteiger partial charge in [-0.3, -0.25) is 4.68 Å². The van der Waals surface area contributed by atoms with Gasteiger partial charge in [-0.25, -0.2) is 0 Å². The van der Waals surface area contributed by atoms with Crippen LogP contribution in [0.3, 0.4) is 0 Å². The van der Waals surface area contributed by atoms with Crippen molar-refractivity contribution in [1.29, 1.82) is 0 Å². The second-order valence-electron chi connectivity index (χ2n) is 5.95. The molecule has 0 saturated carbocycles. The zero-order valence-electron chi connectivity index (χ0n) is 13.6. The molecule has 1 aromatic heterocycles. The predicted octanol–water partition coefficient (Wildman–Crippen LogP) is 3.71.